The molecule has 0 bridgehead atoms. The summed E-state index contributed by atoms with van der Waals surface area (Å²) in [5.41, 5.74) is 1.48. The van der Waals surface area contributed by atoms with Gasteiger partial charge in [0.25, 0.3) is 5.56 Å². The monoisotopic (exact) mass is 447 g/mol. The van der Waals surface area contributed by atoms with Crippen LogP contribution in [0.15, 0.2) is 59.7 Å². The second-order valence-corrected chi connectivity index (χ2v) is 8.54. The van der Waals surface area contributed by atoms with Gasteiger partial charge < -0.3 is 4.74 Å². The number of ether oxygens (including phenoxy) is 1. The van der Waals surface area contributed by atoms with E-state index in [1.807, 2.05) is 13.8 Å². The predicted molar refractivity (Wildman–Crippen MR) is 123 cm³/mol. The second-order valence-electron chi connectivity index (χ2n) is 7.34. The first kappa shape index (κ1) is 21.6. The second kappa shape index (κ2) is 8.84. The zero-order valence-corrected chi connectivity index (χ0v) is 18.7. The topological polar surface area (TPSA) is 91.2 Å². The maximum atomic E-state index is 13.8. The Morgan fingerprint density at radius 2 is 1.78 bits per heavy atom. The van der Waals surface area contributed by atoms with Crippen LogP contribution < -0.4 is 5.56 Å². The molecule has 1 atom stereocenters. The van der Waals surface area contributed by atoms with Crippen molar-refractivity contribution in [2.75, 3.05) is 7.11 Å². The number of hydrogen-bond donors (Lipinski definition) is 0. The molecule has 7 nitrogen and oxygen atoms in total. The molecule has 0 saturated heterocycles. The average Bonchev–Trinajstić information content (AvgIpc) is 3.11. The summed E-state index contributed by atoms with van der Waals surface area (Å²) in [5.74, 6) is -0.645. The van der Waals surface area contributed by atoms with Gasteiger partial charge in [-0.15, -0.1) is 11.3 Å². The molecule has 3 heterocycles. The number of nitrogens with zero attached hydrogens (tertiary/aromatic N) is 3. The minimum Gasteiger partial charge on any atom is -0.469 e. The summed E-state index contributed by atoms with van der Waals surface area (Å²) >= 11 is 1.43. The van der Waals surface area contributed by atoms with E-state index >= 15 is 0 Å². The Labute approximate surface area is 188 Å². The van der Waals surface area contributed by atoms with Crippen molar-refractivity contribution in [3.8, 4) is 11.4 Å². The molecule has 0 N–H and O–H groups in total. The molecule has 0 spiro atoms. The number of carbonyl (C=O) groups is 2. The van der Waals surface area contributed by atoms with Gasteiger partial charge in [-0.2, -0.15) is 0 Å². The number of methoxy groups -OCH3 is 1. The van der Waals surface area contributed by atoms with Gasteiger partial charge in [0.05, 0.1) is 18.9 Å². The van der Waals surface area contributed by atoms with Gasteiger partial charge in [-0.05, 0) is 31.5 Å². The Bertz CT molecular complexity index is 1360. The van der Waals surface area contributed by atoms with Gasteiger partial charge in [0.2, 0.25) is 0 Å². The smallest absolute Gasteiger partial charge is 0.308 e. The fourth-order valence-electron chi connectivity index (χ4n) is 3.64. The number of rotatable bonds is 6. The van der Waals surface area contributed by atoms with E-state index in [9.17, 15) is 14.4 Å². The van der Waals surface area contributed by atoms with Crippen LogP contribution in [-0.2, 0) is 9.53 Å². The molecule has 4 rings (SSSR count). The van der Waals surface area contributed by atoms with Crippen LogP contribution in [0.2, 0.25) is 0 Å². The number of fused-ring (bicyclic) bond motifs is 1. The Kier molecular flexibility index (Phi) is 5.96. The number of hydrogen-bond acceptors (Lipinski definition) is 7. The lowest BCUT2D eigenvalue weighted by molar-refractivity contribution is -0.141. The maximum absolute atomic E-state index is 13.8. The molecule has 4 aromatic rings. The Morgan fingerprint density at radius 3 is 2.44 bits per heavy atom. The highest BCUT2D eigenvalue weighted by atomic mass is 32.1. The summed E-state index contributed by atoms with van der Waals surface area (Å²) < 4.78 is 6.19. The van der Waals surface area contributed by atoms with Gasteiger partial charge in [0.1, 0.15) is 16.7 Å². The first-order chi connectivity index (χ1) is 15.4. The van der Waals surface area contributed by atoms with E-state index in [1.165, 1.54) is 23.0 Å². The number of aromatic nitrogens is 3. The van der Waals surface area contributed by atoms with Crippen LogP contribution >= 0.6 is 11.3 Å². The van der Waals surface area contributed by atoms with E-state index in [0.29, 0.717) is 27.2 Å². The van der Waals surface area contributed by atoms with Crippen molar-refractivity contribution in [3.63, 3.8) is 0 Å². The number of thiophene rings is 1. The van der Waals surface area contributed by atoms with Gasteiger partial charge in [-0.1, -0.05) is 30.3 Å². The summed E-state index contributed by atoms with van der Waals surface area (Å²) in [7, 11) is 1.26. The number of Topliss-reactive ketones (excluding diaryl/α,β-unsaturated/α-hetero) is 1. The van der Waals surface area contributed by atoms with E-state index in [4.69, 9.17) is 9.72 Å². The van der Waals surface area contributed by atoms with E-state index in [-0.39, 0.29) is 17.8 Å². The zero-order valence-electron chi connectivity index (χ0n) is 17.9. The first-order valence-electron chi connectivity index (χ1n) is 10.0. The molecule has 0 aliphatic carbocycles. The quantitative estimate of drug-likeness (QED) is 0.326. The van der Waals surface area contributed by atoms with Gasteiger partial charge in [-0.3, -0.25) is 23.9 Å². The molecule has 0 aliphatic heterocycles. The summed E-state index contributed by atoms with van der Waals surface area (Å²) in [6.45, 7) is 3.79. The highest BCUT2D eigenvalue weighted by Gasteiger charge is 2.31. The molecule has 1 aromatic carbocycles. The summed E-state index contributed by atoms with van der Waals surface area (Å²) in [5, 5.41) is 0.459. The van der Waals surface area contributed by atoms with Crippen LogP contribution in [0.4, 0.5) is 0 Å². The fraction of sp³-hybridized carbons (Fsp3) is 0.208. The van der Waals surface area contributed by atoms with Crippen molar-refractivity contribution >= 4 is 33.3 Å². The van der Waals surface area contributed by atoms with Gasteiger partial charge in [-0.25, -0.2) is 4.98 Å². The first-order valence-corrected chi connectivity index (χ1v) is 10.8. The van der Waals surface area contributed by atoms with Crippen LogP contribution in [0, 0.1) is 13.8 Å². The van der Waals surface area contributed by atoms with E-state index < -0.39 is 12.0 Å². The molecule has 8 heteroatoms. The average molecular weight is 448 g/mol. The van der Waals surface area contributed by atoms with Gasteiger partial charge >= 0.3 is 5.97 Å². The minimum atomic E-state index is -1.11. The highest BCUT2D eigenvalue weighted by molar-refractivity contribution is 7.18. The van der Waals surface area contributed by atoms with E-state index in [1.54, 1.807) is 54.9 Å². The van der Waals surface area contributed by atoms with Crippen LogP contribution in [0.1, 0.15) is 33.3 Å². The molecule has 32 heavy (non-hydrogen) atoms. The van der Waals surface area contributed by atoms with Crippen LogP contribution in [0.5, 0.6) is 0 Å². The SMILES string of the molecule is COC(=O)CC(C(=O)c1ccccc1)n1c(-c2ccncc2)nc2sc(C)c(C)c2c1=O. The number of aryl methyl sites for hydroxylation is 2. The molecular weight excluding hydrogens is 426 g/mol. The Balaban J connectivity index is 2.04. The van der Waals surface area contributed by atoms with E-state index in [0.717, 1.165) is 10.4 Å². The Hall–Kier alpha value is -3.65. The Morgan fingerprint density at radius 1 is 1.09 bits per heavy atom. The molecular formula is C24H21N3O4S. The molecule has 0 amide bonds. The lowest BCUT2D eigenvalue weighted by atomic mass is 10.00. The molecule has 0 saturated carbocycles. The minimum absolute atomic E-state index is 0.294. The summed E-state index contributed by atoms with van der Waals surface area (Å²) in [4.78, 5) is 50.0. The normalized spacial score (nSPS) is 12.0. The molecule has 162 valence electrons. The van der Waals surface area contributed by atoms with Crippen LogP contribution in [0.25, 0.3) is 21.6 Å². The predicted octanol–water partition coefficient (Wildman–Crippen LogP) is 4.12. The molecule has 0 aliphatic rings. The zero-order chi connectivity index (χ0) is 22.8. The van der Waals surface area contributed by atoms with E-state index in [2.05, 4.69) is 4.98 Å². The van der Waals surface area contributed by atoms with Crippen LogP contribution in [-0.4, -0.2) is 33.4 Å². The number of pyridine rings is 1. The standard InChI is InChI=1S/C24H21N3O4S/c1-14-15(2)32-23-20(14)24(30)27(22(26-23)17-9-11-25-12-10-17)18(13-19(28)31-3)21(29)16-7-5-4-6-8-16/h4-12,18H,13H2,1-3H3. The highest BCUT2D eigenvalue weighted by Crippen LogP contribution is 2.31. The third-order valence-corrected chi connectivity index (χ3v) is 6.53. The van der Waals surface area contributed by atoms with Crippen LogP contribution in [0.3, 0.4) is 0 Å². The number of benzene rings is 1. The van der Waals surface area contributed by atoms with Crippen molar-refractivity contribution in [3.05, 3.63) is 81.2 Å². The van der Waals surface area contributed by atoms with Crippen molar-refractivity contribution < 1.29 is 14.3 Å². The lowest BCUT2D eigenvalue weighted by Crippen LogP contribution is -2.34. The van der Waals surface area contributed by atoms with Gasteiger partial charge in [0, 0.05) is 28.4 Å². The third-order valence-electron chi connectivity index (χ3n) is 5.43. The van der Waals surface area contributed by atoms with Crippen molar-refractivity contribution in [1.29, 1.82) is 0 Å². The van der Waals surface area contributed by atoms with Crippen molar-refractivity contribution in [2.45, 2.75) is 26.3 Å². The molecule has 1 unspecified atom stereocenters. The molecule has 0 fully saturated rings. The third kappa shape index (κ3) is 3.85. The van der Waals surface area contributed by atoms with Crippen molar-refractivity contribution in [1.82, 2.24) is 14.5 Å². The largest absolute Gasteiger partial charge is 0.469 e. The maximum Gasteiger partial charge on any atom is 0.308 e. The fourth-order valence-corrected chi connectivity index (χ4v) is 4.66. The lowest BCUT2D eigenvalue weighted by Gasteiger charge is -2.21. The molecule has 3 aromatic heterocycles. The number of esters is 1. The summed E-state index contributed by atoms with van der Waals surface area (Å²) in [6, 6.07) is 10.9. The van der Waals surface area contributed by atoms with Crippen molar-refractivity contribution in [2.24, 2.45) is 0 Å². The van der Waals surface area contributed by atoms with Gasteiger partial charge in [0.15, 0.2) is 5.78 Å². The number of ketones is 1. The molecule has 0 radical (unpaired) electrons. The summed E-state index contributed by atoms with van der Waals surface area (Å²) in [6.07, 6.45) is 2.89. The number of carbonyl (C=O) groups excluding carboxylic acids is 2.